The Hall–Kier alpha value is -1.35. The second-order valence-corrected chi connectivity index (χ2v) is 6.26. The standard InChI is InChI=1S/C20H32O3/c1-18-12-14-19(15-13-18)20(22)23-17-11-9-7-5-3-2-4-6-8-10-16-21/h12-15,21H,2-11,16-17H2,1H3. The normalized spacial score (nSPS) is 10.7. The van der Waals surface area contributed by atoms with Crippen LogP contribution < -0.4 is 0 Å². The SMILES string of the molecule is Cc1ccc(C(=O)OCCCCCCCCCCCCO)cc1. The van der Waals surface area contributed by atoms with Crippen molar-refractivity contribution in [1.82, 2.24) is 0 Å². The van der Waals surface area contributed by atoms with E-state index >= 15 is 0 Å². The van der Waals surface area contributed by atoms with Crippen molar-refractivity contribution in [2.24, 2.45) is 0 Å². The van der Waals surface area contributed by atoms with Gasteiger partial charge in [-0.1, -0.05) is 69.1 Å². The van der Waals surface area contributed by atoms with Crippen molar-refractivity contribution in [2.75, 3.05) is 13.2 Å². The van der Waals surface area contributed by atoms with Crippen molar-refractivity contribution in [3.63, 3.8) is 0 Å². The Kier molecular flexibility index (Phi) is 11.2. The van der Waals surface area contributed by atoms with Gasteiger partial charge in [-0.15, -0.1) is 0 Å². The van der Waals surface area contributed by atoms with E-state index < -0.39 is 0 Å². The second kappa shape index (κ2) is 13.1. The smallest absolute Gasteiger partial charge is 0.338 e. The molecular formula is C20H32O3. The fraction of sp³-hybridized carbons (Fsp3) is 0.650. The lowest BCUT2D eigenvalue weighted by molar-refractivity contribution is 0.0497. The largest absolute Gasteiger partial charge is 0.462 e. The first-order chi connectivity index (χ1) is 11.2. The zero-order valence-electron chi connectivity index (χ0n) is 14.6. The molecule has 0 saturated heterocycles. The van der Waals surface area contributed by atoms with Crippen molar-refractivity contribution in [2.45, 2.75) is 71.1 Å². The average molecular weight is 320 g/mol. The van der Waals surface area contributed by atoms with Gasteiger partial charge >= 0.3 is 5.97 Å². The molecule has 3 heteroatoms. The van der Waals surface area contributed by atoms with E-state index in [1.54, 1.807) is 0 Å². The third-order valence-electron chi connectivity index (χ3n) is 4.07. The average Bonchev–Trinajstić information content (AvgIpc) is 2.56. The maximum absolute atomic E-state index is 11.8. The summed E-state index contributed by atoms with van der Waals surface area (Å²) in [6.45, 7) is 2.85. The Morgan fingerprint density at radius 3 is 1.83 bits per heavy atom. The van der Waals surface area contributed by atoms with E-state index in [-0.39, 0.29) is 5.97 Å². The van der Waals surface area contributed by atoms with E-state index in [1.807, 2.05) is 31.2 Å². The van der Waals surface area contributed by atoms with Crippen LogP contribution in [0.4, 0.5) is 0 Å². The first-order valence-electron chi connectivity index (χ1n) is 9.08. The maximum Gasteiger partial charge on any atom is 0.338 e. The molecule has 0 aliphatic carbocycles. The number of ether oxygens (including phenoxy) is 1. The van der Waals surface area contributed by atoms with E-state index in [1.165, 1.54) is 38.5 Å². The zero-order chi connectivity index (χ0) is 16.8. The Balaban J connectivity index is 1.89. The highest BCUT2D eigenvalue weighted by Crippen LogP contribution is 2.11. The number of carbonyl (C=O) groups is 1. The first-order valence-corrected chi connectivity index (χ1v) is 9.08. The molecule has 0 saturated carbocycles. The summed E-state index contributed by atoms with van der Waals surface area (Å²) in [7, 11) is 0. The van der Waals surface area contributed by atoms with Gasteiger partial charge in [-0.05, 0) is 31.9 Å². The molecular weight excluding hydrogens is 288 g/mol. The van der Waals surface area contributed by atoms with Crippen LogP contribution in [0.1, 0.15) is 80.1 Å². The van der Waals surface area contributed by atoms with Crippen molar-refractivity contribution >= 4 is 5.97 Å². The van der Waals surface area contributed by atoms with Gasteiger partial charge in [0, 0.05) is 6.61 Å². The van der Waals surface area contributed by atoms with Crippen LogP contribution >= 0.6 is 0 Å². The predicted octanol–water partition coefficient (Wildman–Crippen LogP) is 5.05. The van der Waals surface area contributed by atoms with Gasteiger partial charge in [-0.2, -0.15) is 0 Å². The lowest BCUT2D eigenvalue weighted by Crippen LogP contribution is -2.06. The van der Waals surface area contributed by atoms with Crippen LogP contribution in [-0.4, -0.2) is 24.3 Å². The number of aliphatic hydroxyl groups is 1. The van der Waals surface area contributed by atoms with Gasteiger partial charge < -0.3 is 9.84 Å². The van der Waals surface area contributed by atoms with E-state index in [2.05, 4.69) is 0 Å². The number of rotatable bonds is 13. The van der Waals surface area contributed by atoms with Crippen LogP contribution in [0, 0.1) is 6.92 Å². The van der Waals surface area contributed by atoms with Crippen LogP contribution in [0.5, 0.6) is 0 Å². The van der Waals surface area contributed by atoms with Gasteiger partial charge in [-0.3, -0.25) is 0 Å². The summed E-state index contributed by atoms with van der Waals surface area (Å²) >= 11 is 0. The number of hydrogen-bond acceptors (Lipinski definition) is 3. The molecule has 1 N–H and O–H groups in total. The number of unbranched alkanes of at least 4 members (excludes halogenated alkanes) is 9. The summed E-state index contributed by atoms with van der Waals surface area (Å²) in [5.41, 5.74) is 1.78. The quantitative estimate of drug-likeness (QED) is 0.409. The highest BCUT2D eigenvalue weighted by Gasteiger charge is 2.05. The minimum absolute atomic E-state index is 0.215. The molecule has 0 spiro atoms. The van der Waals surface area contributed by atoms with Crippen LogP contribution in [0.25, 0.3) is 0 Å². The molecule has 3 nitrogen and oxygen atoms in total. The third kappa shape index (κ3) is 10.1. The number of aryl methyl sites for hydroxylation is 1. The summed E-state index contributed by atoms with van der Waals surface area (Å²) < 4.78 is 5.29. The topological polar surface area (TPSA) is 46.5 Å². The van der Waals surface area contributed by atoms with Gasteiger partial charge in [-0.25, -0.2) is 4.79 Å². The molecule has 0 atom stereocenters. The molecule has 1 rings (SSSR count). The molecule has 0 radical (unpaired) electrons. The lowest BCUT2D eigenvalue weighted by atomic mass is 10.1. The summed E-state index contributed by atoms with van der Waals surface area (Å²) in [6, 6.07) is 7.50. The predicted molar refractivity (Wildman–Crippen MR) is 94.7 cm³/mol. The number of benzene rings is 1. The molecule has 0 aliphatic rings. The summed E-state index contributed by atoms with van der Waals surface area (Å²) in [4.78, 5) is 11.8. The summed E-state index contributed by atoms with van der Waals surface area (Å²) in [5, 5.41) is 8.69. The Morgan fingerprint density at radius 2 is 1.30 bits per heavy atom. The molecule has 1 aromatic rings. The van der Waals surface area contributed by atoms with Gasteiger partial charge in [0.15, 0.2) is 0 Å². The molecule has 0 aromatic heterocycles. The first kappa shape index (κ1) is 19.7. The highest BCUT2D eigenvalue weighted by atomic mass is 16.5. The Morgan fingerprint density at radius 1 is 0.826 bits per heavy atom. The zero-order valence-corrected chi connectivity index (χ0v) is 14.6. The van der Waals surface area contributed by atoms with Crippen LogP contribution in [-0.2, 0) is 4.74 Å². The third-order valence-corrected chi connectivity index (χ3v) is 4.07. The van der Waals surface area contributed by atoms with E-state index in [4.69, 9.17) is 9.84 Å². The molecule has 0 amide bonds. The fourth-order valence-electron chi connectivity index (χ4n) is 2.57. The number of aliphatic hydroxyl groups excluding tert-OH is 1. The molecule has 1 aromatic carbocycles. The van der Waals surface area contributed by atoms with E-state index in [0.717, 1.165) is 31.2 Å². The maximum atomic E-state index is 11.8. The minimum Gasteiger partial charge on any atom is -0.462 e. The minimum atomic E-state index is -0.215. The summed E-state index contributed by atoms with van der Waals surface area (Å²) in [5.74, 6) is -0.215. The molecule has 130 valence electrons. The Labute approximate surface area is 141 Å². The van der Waals surface area contributed by atoms with Gasteiger partial charge in [0.1, 0.15) is 0 Å². The molecule has 0 fully saturated rings. The molecule has 0 bridgehead atoms. The molecule has 0 heterocycles. The number of esters is 1. The van der Waals surface area contributed by atoms with Crippen LogP contribution in [0.2, 0.25) is 0 Å². The molecule has 0 aliphatic heterocycles. The number of hydrogen-bond donors (Lipinski definition) is 1. The van der Waals surface area contributed by atoms with E-state index in [0.29, 0.717) is 18.8 Å². The monoisotopic (exact) mass is 320 g/mol. The van der Waals surface area contributed by atoms with E-state index in [9.17, 15) is 4.79 Å². The Bertz CT molecular complexity index is 411. The lowest BCUT2D eigenvalue weighted by Gasteiger charge is -2.05. The van der Waals surface area contributed by atoms with Gasteiger partial charge in [0.2, 0.25) is 0 Å². The fourth-order valence-corrected chi connectivity index (χ4v) is 2.57. The van der Waals surface area contributed by atoms with Crippen molar-refractivity contribution in [3.8, 4) is 0 Å². The summed E-state index contributed by atoms with van der Waals surface area (Å²) in [6.07, 6.45) is 11.8. The second-order valence-electron chi connectivity index (χ2n) is 6.26. The number of carbonyl (C=O) groups excluding carboxylic acids is 1. The van der Waals surface area contributed by atoms with Crippen molar-refractivity contribution < 1.29 is 14.6 Å². The highest BCUT2D eigenvalue weighted by molar-refractivity contribution is 5.89. The van der Waals surface area contributed by atoms with Crippen LogP contribution in [0.3, 0.4) is 0 Å². The molecule has 0 unspecified atom stereocenters. The molecule has 23 heavy (non-hydrogen) atoms. The van der Waals surface area contributed by atoms with Crippen molar-refractivity contribution in [3.05, 3.63) is 35.4 Å². The van der Waals surface area contributed by atoms with Crippen LogP contribution in [0.15, 0.2) is 24.3 Å². The van der Waals surface area contributed by atoms with Crippen molar-refractivity contribution in [1.29, 1.82) is 0 Å². The van der Waals surface area contributed by atoms with Gasteiger partial charge in [0.05, 0.1) is 12.2 Å². The van der Waals surface area contributed by atoms with Gasteiger partial charge in [0.25, 0.3) is 0 Å².